The third-order valence-electron chi connectivity index (χ3n) is 7.28. The van der Waals surface area contributed by atoms with Gasteiger partial charge in [-0.15, -0.1) is 0 Å². The highest BCUT2D eigenvalue weighted by molar-refractivity contribution is 7.54. The van der Waals surface area contributed by atoms with Gasteiger partial charge in [-0.3, -0.25) is 18.7 Å². The van der Waals surface area contributed by atoms with E-state index in [2.05, 4.69) is 10.6 Å². The normalized spacial score (nSPS) is 26.6. The molecule has 12 heteroatoms. The Morgan fingerprint density at radius 1 is 1.11 bits per heavy atom. The molecule has 4 unspecified atom stereocenters. The number of quaternary nitrogens is 1. The minimum atomic E-state index is -4.08. The maximum absolute atomic E-state index is 13.8. The predicted molar refractivity (Wildman–Crippen MR) is 128 cm³/mol. The molecule has 0 radical (unpaired) electrons. The molecule has 1 saturated heterocycles. The molecule has 1 saturated carbocycles. The van der Waals surface area contributed by atoms with Crippen LogP contribution < -0.4 is 10.6 Å². The van der Waals surface area contributed by atoms with Gasteiger partial charge in [-0.1, -0.05) is 26.2 Å². The zero-order chi connectivity index (χ0) is 26.4. The Kier molecular flexibility index (Phi) is 10.4. The molecular weight excluding hydrogens is 477 g/mol. The van der Waals surface area contributed by atoms with Crippen molar-refractivity contribution in [2.24, 2.45) is 5.92 Å². The second-order valence-corrected chi connectivity index (χ2v) is 12.0. The Morgan fingerprint density at radius 3 is 2.23 bits per heavy atom. The van der Waals surface area contributed by atoms with E-state index < -0.39 is 54.0 Å². The van der Waals surface area contributed by atoms with Gasteiger partial charge in [0, 0.05) is 25.9 Å². The molecule has 3 N–H and O–H groups in total. The van der Waals surface area contributed by atoms with Gasteiger partial charge >= 0.3 is 19.6 Å². The smallest absolute Gasteiger partial charge is 0.435 e. The number of amides is 4. The van der Waals surface area contributed by atoms with Crippen LogP contribution in [-0.4, -0.2) is 71.0 Å². The van der Waals surface area contributed by atoms with Crippen molar-refractivity contribution in [1.82, 2.24) is 10.6 Å². The van der Waals surface area contributed by atoms with Gasteiger partial charge in [-0.25, -0.2) is 4.79 Å². The van der Waals surface area contributed by atoms with Crippen LogP contribution in [0.3, 0.4) is 0 Å². The quantitative estimate of drug-likeness (QED) is 0.263. The van der Waals surface area contributed by atoms with E-state index in [-0.39, 0.29) is 24.8 Å². The number of nitrogens with one attached hydrogen (secondary N) is 2. The maximum atomic E-state index is 13.8. The second-order valence-electron chi connectivity index (χ2n) is 9.70. The van der Waals surface area contributed by atoms with Crippen LogP contribution in [0.4, 0.5) is 4.79 Å². The molecule has 1 aliphatic carbocycles. The molecule has 2 rings (SSSR count). The Labute approximate surface area is 207 Å². The Morgan fingerprint density at radius 2 is 1.77 bits per heavy atom. The fourth-order valence-corrected chi connectivity index (χ4v) is 6.48. The van der Waals surface area contributed by atoms with Gasteiger partial charge in [-0.2, -0.15) is 9.28 Å². The van der Waals surface area contributed by atoms with E-state index in [9.17, 15) is 28.8 Å². The summed E-state index contributed by atoms with van der Waals surface area (Å²) in [6.45, 7) is 6.67. The summed E-state index contributed by atoms with van der Waals surface area (Å²) in [5, 5.41) is 15.2. The van der Waals surface area contributed by atoms with Gasteiger partial charge in [0.05, 0.1) is 6.54 Å². The van der Waals surface area contributed by atoms with Crippen molar-refractivity contribution < 1.29 is 42.4 Å². The average Bonchev–Trinajstić information content (AvgIpc) is 3.16. The van der Waals surface area contributed by atoms with Crippen molar-refractivity contribution >= 4 is 31.4 Å². The molecule has 2 aliphatic rings. The lowest BCUT2D eigenvalue weighted by molar-refractivity contribution is -0.793. The number of imide groups is 1. The number of rotatable bonds is 12. The van der Waals surface area contributed by atoms with Crippen LogP contribution in [0.5, 0.6) is 0 Å². The summed E-state index contributed by atoms with van der Waals surface area (Å²) in [6, 6.07) is -1.30. The van der Waals surface area contributed by atoms with Crippen LogP contribution in [0.25, 0.3) is 0 Å². The van der Waals surface area contributed by atoms with Crippen LogP contribution in [-0.2, 0) is 28.0 Å². The molecule has 11 nitrogen and oxygen atoms in total. The number of likely N-dealkylation sites (tertiary alicyclic amines) is 1. The van der Waals surface area contributed by atoms with Gasteiger partial charge in [0.2, 0.25) is 11.8 Å². The molecule has 200 valence electrons. The lowest BCUT2D eigenvalue weighted by Gasteiger charge is -2.34. The fraction of sp³-hybridized carbons (Fsp3) is 0.826. The number of carbonyl (C=O) groups is 4. The first-order valence-electron chi connectivity index (χ1n) is 12.5. The third-order valence-corrected chi connectivity index (χ3v) is 9.55. The molecule has 0 aromatic heterocycles. The monoisotopic (exact) mass is 518 g/mol. The zero-order valence-corrected chi connectivity index (χ0v) is 22.3. The molecule has 2 fully saturated rings. The van der Waals surface area contributed by atoms with Crippen molar-refractivity contribution in [2.75, 3.05) is 13.7 Å². The summed E-state index contributed by atoms with van der Waals surface area (Å²) >= 11 is 0. The first-order valence-corrected chi connectivity index (χ1v) is 14.1. The maximum Gasteiger partial charge on any atom is 0.521 e. The standard InChI is InChI=1S/C23H40N3O8P/c1-6-7-13-19(25-20(27)16(3)24-21(28)18-11-8-12-18)35(32,33-5)34-17(4)22(29)26(23(30)31)14-9-10-15(26)2/h15-19H,6-14H2,1-5H3,(H2-,24,25,27,28,30,31)/p+1/t15-,16?,17?,19+,26?,35?/m1/s1. The summed E-state index contributed by atoms with van der Waals surface area (Å²) < 4.78 is 23.9. The van der Waals surface area contributed by atoms with Crippen LogP contribution in [0.1, 0.15) is 79.1 Å². The van der Waals surface area contributed by atoms with Gasteiger partial charge in [0.1, 0.15) is 17.9 Å². The topological polar surface area (TPSA) is 148 Å². The first kappa shape index (κ1) is 29.4. The van der Waals surface area contributed by atoms with E-state index in [1.54, 1.807) is 13.8 Å². The van der Waals surface area contributed by atoms with Crippen LogP contribution in [0.15, 0.2) is 0 Å². The number of unbranched alkanes of at least 4 members (excludes halogenated alkanes) is 1. The highest BCUT2D eigenvalue weighted by atomic mass is 31.2. The van der Waals surface area contributed by atoms with Crippen molar-refractivity contribution in [1.29, 1.82) is 0 Å². The molecule has 1 aliphatic heterocycles. The lowest BCUT2D eigenvalue weighted by atomic mass is 9.84. The number of carbonyl (C=O) groups excluding carboxylic acids is 3. The Bertz CT molecular complexity index is 849. The highest BCUT2D eigenvalue weighted by Crippen LogP contribution is 2.54. The van der Waals surface area contributed by atoms with Crippen molar-refractivity contribution in [2.45, 2.75) is 103 Å². The predicted octanol–water partition coefficient (Wildman–Crippen LogP) is 3.37. The molecule has 0 spiro atoms. The van der Waals surface area contributed by atoms with E-state index in [0.717, 1.165) is 25.7 Å². The minimum absolute atomic E-state index is 0.0842. The van der Waals surface area contributed by atoms with E-state index >= 15 is 0 Å². The van der Waals surface area contributed by atoms with Crippen LogP contribution in [0.2, 0.25) is 0 Å². The average molecular weight is 519 g/mol. The zero-order valence-electron chi connectivity index (χ0n) is 21.5. The molecule has 6 atom stereocenters. The SMILES string of the molecule is CCCC[C@@H](NC(=O)C(C)NC(=O)C1CCC1)P(=O)(OC)OC(C)C(=O)[N+]1(C(=O)O)CCC[C@H]1C. The number of hydrogen-bond acceptors (Lipinski definition) is 7. The largest absolute Gasteiger partial charge is 0.521 e. The first-order chi connectivity index (χ1) is 16.4. The van der Waals surface area contributed by atoms with Crippen LogP contribution >= 0.6 is 7.60 Å². The van der Waals surface area contributed by atoms with Crippen LogP contribution in [0, 0.1) is 5.92 Å². The molecule has 1 heterocycles. The molecule has 0 aromatic carbocycles. The van der Waals surface area contributed by atoms with E-state index in [0.29, 0.717) is 19.3 Å². The van der Waals surface area contributed by atoms with Gasteiger partial charge in [0.25, 0.3) is 0 Å². The van der Waals surface area contributed by atoms with Crippen molar-refractivity contribution in [3.8, 4) is 0 Å². The summed E-state index contributed by atoms with van der Waals surface area (Å²) in [7, 11) is -2.91. The molecule has 35 heavy (non-hydrogen) atoms. The summed E-state index contributed by atoms with van der Waals surface area (Å²) in [4.78, 5) is 50.4. The Balaban J connectivity index is 2.16. The molecule has 0 bridgehead atoms. The molecular formula is C23H41N3O8P+. The van der Waals surface area contributed by atoms with Gasteiger partial charge in [0.15, 0.2) is 6.10 Å². The van der Waals surface area contributed by atoms with Gasteiger partial charge < -0.3 is 20.3 Å². The summed E-state index contributed by atoms with van der Waals surface area (Å²) in [5.74, 6) is -2.58. The highest BCUT2D eigenvalue weighted by Gasteiger charge is 2.56. The van der Waals surface area contributed by atoms with E-state index in [1.165, 1.54) is 14.0 Å². The third kappa shape index (κ3) is 6.50. The summed E-state index contributed by atoms with van der Waals surface area (Å²) in [6.07, 6.45) is 2.73. The number of nitrogens with zero attached hydrogens (tertiary/aromatic N) is 1. The van der Waals surface area contributed by atoms with Gasteiger partial charge in [-0.05, 0) is 40.0 Å². The number of hydrogen-bond donors (Lipinski definition) is 3. The fourth-order valence-electron chi connectivity index (χ4n) is 4.68. The Hall–Kier alpha value is -1.81. The van der Waals surface area contributed by atoms with E-state index in [1.807, 2.05) is 6.92 Å². The lowest BCUT2D eigenvalue weighted by Crippen LogP contribution is -2.61. The molecule has 4 amide bonds. The molecule has 0 aromatic rings. The van der Waals surface area contributed by atoms with Crippen molar-refractivity contribution in [3.05, 3.63) is 0 Å². The van der Waals surface area contributed by atoms with E-state index in [4.69, 9.17) is 9.05 Å². The summed E-state index contributed by atoms with van der Waals surface area (Å²) in [5.41, 5.74) is 0. The minimum Gasteiger partial charge on any atom is -0.435 e. The number of carboxylic acid groups (broad SMARTS) is 1. The van der Waals surface area contributed by atoms with Crippen molar-refractivity contribution in [3.63, 3.8) is 0 Å². The second kappa shape index (κ2) is 12.4.